The lowest BCUT2D eigenvalue weighted by Crippen LogP contribution is -2.38. The summed E-state index contributed by atoms with van der Waals surface area (Å²) in [5.41, 5.74) is 0.563. The van der Waals surface area contributed by atoms with Crippen molar-refractivity contribution in [1.29, 1.82) is 0 Å². The molecule has 0 saturated carbocycles. The second-order valence-corrected chi connectivity index (χ2v) is 7.44. The number of nitrogens with one attached hydrogen (secondary N) is 1. The van der Waals surface area contributed by atoms with Gasteiger partial charge in [0.25, 0.3) is 0 Å². The maximum atomic E-state index is 12.5. The van der Waals surface area contributed by atoms with Gasteiger partial charge in [0.1, 0.15) is 18.9 Å². The normalized spacial score (nSPS) is 26.4. The van der Waals surface area contributed by atoms with E-state index < -0.39 is 5.91 Å². The minimum atomic E-state index is -0.399. The van der Waals surface area contributed by atoms with Gasteiger partial charge < -0.3 is 14.8 Å². The van der Waals surface area contributed by atoms with Gasteiger partial charge in [-0.15, -0.1) is 0 Å². The van der Waals surface area contributed by atoms with E-state index in [-0.39, 0.29) is 36.3 Å². The van der Waals surface area contributed by atoms with Gasteiger partial charge in [-0.05, 0) is 37.8 Å². The lowest BCUT2D eigenvalue weighted by Gasteiger charge is -2.15. The Morgan fingerprint density at radius 3 is 2.61 bits per heavy atom. The average Bonchev–Trinajstić information content (AvgIpc) is 3.30. The van der Waals surface area contributed by atoms with E-state index in [4.69, 9.17) is 9.47 Å². The van der Waals surface area contributed by atoms with Crippen LogP contribution < -0.4 is 10.1 Å². The number of carbonyl (C=O) groups is 3. The molecular formula is C21H24N2O5. The number of hydrogen-bond donors (Lipinski definition) is 1. The summed E-state index contributed by atoms with van der Waals surface area (Å²) in [7, 11) is 0. The van der Waals surface area contributed by atoms with Crippen LogP contribution in [-0.4, -0.2) is 48.5 Å². The molecule has 1 aromatic carbocycles. The summed E-state index contributed by atoms with van der Waals surface area (Å²) in [6.07, 6.45) is 7.15. The standard InChI is InChI=1S/C21H24N2O5/c24-19(12-23-20(25)17-8-1-2-9-18(17)21(23)26)22-14-5-3-6-15(11-14)28-13-16-7-4-10-27-16/h1-3,5-6,11,16-18H,4,7-10,12-13H2,(H,22,24). The molecule has 2 fully saturated rings. The highest BCUT2D eigenvalue weighted by Crippen LogP contribution is 2.34. The molecular weight excluding hydrogens is 360 g/mol. The fourth-order valence-corrected chi connectivity index (χ4v) is 4.00. The fourth-order valence-electron chi connectivity index (χ4n) is 4.00. The molecule has 4 rings (SSSR count). The average molecular weight is 384 g/mol. The molecule has 7 heteroatoms. The number of rotatable bonds is 6. The number of hydrogen-bond acceptors (Lipinski definition) is 5. The minimum absolute atomic E-state index is 0.114. The summed E-state index contributed by atoms with van der Waals surface area (Å²) < 4.78 is 11.3. The number of benzene rings is 1. The number of nitrogens with zero attached hydrogens (tertiary/aromatic N) is 1. The highest BCUT2D eigenvalue weighted by Gasteiger charge is 2.47. The predicted molar refractivity (Wildman–Crippen MR) is 102 cm³/mol. The van der Waals surface area contributed by atoms with Gasteiger partial charge in [0.05, 0.1) is 17.9 Å². The largest absolute Gasteiger partial charge is 0.491 e. The Labute approximate surface area is 163 Å². The number of likely N-dealkylation sites (tertiary alicyclic amines) is 1. The van der Waals surface area contributed by atoms with Crippen LogP contribution in [0.25, 0.3) is 0 Å². The van der Waals surface area contributed by atoms with Gasteiger partial charge in [0.15, 0.2) is 0 Å². The first-order valence-corrected chi connectivity index (χ1v) is 9.76. The summed E-state index contributed by atoms with van der Waals surface area (Å²) in [6, 6.07) is 7.07. The van der Waals surface area contributed by atoms with Crippen LogP contribution in [0.2, 0.25) is 0 Å². The molecule has 3 amide bonds. The quantitative estimate of drug-likeness (QED) is 0.600. The lowest BCUT2D eigenvalue weighted by molar-refractivity contribution is -0.142. The van der Waals surface area contributed by atoms with Crippen molar-refractivity contribution < 1.29 is 23.9 Å². The molecule has 0 radical (unpaired) electrons. The van der Waals surface area contributed by atoms with Crippen molar-refractivity contribution in [3.63, 3.8) is 0 Å². The summed E-state index contributed by atoms with van der Waals surface area (Å²) in [6.45, 7) is 0.993. The third kappa shape index (κ3) is 3.94. The zero-order valence-corrected chi connectivity index (χ0v) is 15.6. The molecule has 0 spiro atoms. The van der Waals surface area contributed by atoms with Crippen molar-refractivity contribution in [1.82, 2.24) is 4.90 Å². The number of allylic oxidation sites excluding steroid dienone is 2. The molecule has 3 unspecified atom stereocenters. The Bertz CT molecular complexity index is 774. The van der Waals surface area contributed by atoms with Gasteiger partial charge >= 0.3 is 0 Å². The van der Waals surface area contributed by atoms with Crippen LogP contribution in [0.5, 0.6) is 5.75 Å². The van der Waals surface area contributed by atoms with Gasteiger partial charge in [0.2, 0.25) is 17.7 Å². The molecule has 28 heavy (non-hydrogen) atoms. The summed E-state index contributed by atoms with van der Waals surface area (Å²) in [5.74, 6) is -0.894. The molecule has 2 aliphatic heterocycles. The molecule has 1 aliphatic carbocycles. The first-order valence-electron chi connectivity index (χ1n) is 9.76. The molecule has 3 atom stereocenters. The van der Waals surface area contributed by atoms with Crippen LogP contribution in [0.4, 0.5) is 5.69 Å². The highest BCUT2D eigenvalue weighted by molar-refractivity contribution is 6.08. The van der Waals surface area contributed by atoms with E-state index in [2.05, 4.69) is 5.32 Å². The maximum Gasteiger partial charge on any atom is 0.244 e. The first kappa shape index (κ1) is 18.7. The Morgan fingerprint density at radius 2 is 1.93 bits per heavy atom. The van der Waals surface area contributed by atoms with Crippen molar-refractivity contribution in [2.24, 2.45) is 11.8 Å². The van der Waals surface area contributed by atoms with E-state index in [1.165, 1.54) is 0 Å². The fraction of sp³-hybridized carbons (Fsp3) is 0.476. The molecule has 148 valence electrons. The number of anilines is 1. The van der Waals surface area contributed by atoms with Crippen molar-refractivity contribution >= 4 is 23.4 Å². The lowest BCUT2D eigenvalue weighted by atomic mass is 9.85. The number of amides is 3. The Balaban J connectivity index is 1.33. The second kappa shape index (κ2) is 8.14. The van der Waals surface area contributed by atoms with Crippen LogP contribution in [0.3, 0.4) is 0 Å². The first-order chi connectivity index (χ1) is 13.6. The van der Waals surface area contributed by atoms with E-state index >= 15 is 0 Å². The Morgan fingerprint density at radius 1 is 1.18 bits per heavy atom. The molecule has 1 aromatic rings. The van der Waals surface area contributed by atoms with Gasteiger partial charge in [-0.2, -0.15) is 0 Å². The number of imide groups is 1. The second-order valence-electron chi connectivity index (χ2n) is 7.44. The van der Waals surface area contributed by atoms with Gasteiger partial charge in [-0.3, -0.25) is 19.3 Å². The molecule has 7 nitrogen and oxygen atoms in total. The molecule has 0 bridgehead atoms. The van der Waals surface area contributed by atoms with E-state index in [9.17, 15) is 14.4 Å². The summed E-state index contributed by atoms with van der Waals surface area (Å²) >= 11 is 0. The highest BCUT2D eigenvalue weighted by atomic mass is 16.5. The maximum absolute atomic E-state index is 12.5. The molecule has 0 aromatic heterocycles. The van der Waals surface area contributed by atoms with Crippen LogP contribution in [0, 0.1) is 11.8 Å². The van der Waals surface area contributed by atoms with Gasteiger partial charge in [-0.1, -0.05) is 18.2 Å². The van der Waals surface area contributed by atoms with Gasteiger partial charge in [-0.25, -0.2) is 0 Å². The SMILES string of the molecule is O=C(CN1C(=O)C2CC=CCC2C1=O)Nc1cccc(OCC2CCCO2)c1. The van der Waals surface area contributed by atoms with E-state index in [0.29, 0.717) is 30.9 Å². The van der Waals surface area contributed by atoms with Gasteiger partial charge in [0, 0.05) is 18.4 Å². The third-order valence-corrected chi connectivity index (χ3v) is 5.48. The monoisotopic (exact) mass is 384 g/mol. The Hall–Kier alpha value is -2.67. The molecule has 3 aliphatic rings. The number of ether oxygens (including phenoxy) is 2. The van der Waals surface area contributed by atoms with E-state index in [1.54, 1.807) is 18.2 Å². The zero-order valence-electron chi connectivity index (χ0n) is 15.6. The van der Waals surface area contributed by atoms with Crippen molar-refractivity contribution in [3.8, 4) is 5.75 Å². The van der Waals surface area contributed by atoms with E-state index in [1.807, 2.05) is 18.2 Å². The van der Waals surface area contributed by atoms with Crippen molar-refractivity contribution in [2.75, 3.05) is 25.1 Å². The number of carbonyl (C=O) groups excluding carboxylic acids is 3. The van der Waals surface area contributed by atoms with Crippen LogP contribution >= 0.6 is 0 Å². The van der Waals surface area contributed by atoms with Crippen molar-refractivity contribution in [2.45, 2.75) is 31.8 Å². The summed E-state index contributed by atoms with van der Waals surface area (Å²) in [4.78, 5) is 38.4. The molecule has 1 N–H and O–H groups in total. The number of fused-ring (bicyclic) bond motifs is 1. The smallest absolute Gasteiger partial charge is 0.244 e. The molecule has 2 saturated heterocycles. The van der Waals surface area contributed by atoms with E-state index in [0.717, 1.165) is 24.3 Å². The van der Waals surface area contributed by atoms with Crippen LogP contribution in [-0.2, 0) is 19.1 Å². The topological polar surface area (TPSA) is 84.9 Å². The van der Waals surface area contributed by atoms with Crippen molar-refractivity contribution in [3.05, 3.63) is 36.4 Å². The van der Waals surface area contributed by atoms with Crippen LogP contribution in [0.15, 0.2) is 36.4 Å². The van der Waals surface area contributed by atoms with Crippen LogP contribution in [0.1, 0.15) is 25.7 Å². The predicted octanol–water partition coefficient (Wildman–Crippen LogP) is 2.13. The Kier molecular flexibility index (Phi) is 5.43. The third-order valence-electron chi connectivity index (χ3n) is 5.48. The minimum Gasteiger partial charge on any atom is -0.491 e. The molecule has 2 heterocycles. The summed E-state index contributed by atoms with van der Waals surface area (Å²) in [5, 5.41) is 2.75. The zero-order chi connectivity index (χ0) is 19.5.